The monoisotopic (exact) mass is 547 g/mol. The van der Waals surface area contributed by atoms with Gasteiger partial charge in [-0.1, -0.05) is 6.07 Å². The molecule has 0 saturated heterocycles. The van der Waals surface area contributed by atoms with Gasteiger partial charge in [0, 0.05) is 60.3 Å². The van der Waals surface area contributed by atoms with Gasteiger partial charge in [-0.2, -0.15) is 5.26 Å². The van der Waals surface area contributed by atoms with Crippen molar-refractivity contribution in [3.05, 3.63) is 102 Å². The number of methoxy groups -OCH3 is 1. The van der Waals surface area contributed by atoms with E-state index in [-0.39, 0.29) is 18.1 Å². The summed E-state index contributed by atoms with van der Waals surface area (Å²) >= 11 is 0. The molecule has 5 heterocycles. The molecule has 0 fully saturated rings. The first-order valence-electron chi connectivity index (χ1n) is 12.3. The van der Waals surface area contributed by atoms with Crippen molar-refractivity contribution in [3.8, 4) is 34.6 Å². The van der Waals surface area contributed by atoms with E-state index in [0.717, 1.165) is 17.2 Å². The van der Waals surface area contributed by atoms with Crippen LogP contribution in [0.15, 0.2) is 73.4 Å². The topological polar surface area (TPSA) is 151 Å². The second kappa shape index (κ2) is 11.9. The number of pyridine rings is 4. The normalized spacial score (nSPS) is 10.5. The van der Waals surface area contributed by atoms with Gasteiger partial charge in [0.25, 0.3) is 5.91 Å². The maximum atomic E-state index is 15.0. The molecular formula is C29H22FN9O2. The minimum absolute atomic E-state index is 0.133. The Morgan fingerprint density at radius 3 is 2.54 bits per heavy atom. The van der Waals surface area contributed by atoms with E-state index in [4.69, 9.17) is 10.00 Å². The molecule has 0 bridgehead atoms. The van der Waals surface area contributed by atoms with Gasteiger partial charge in [-0.3, -0.25) is 14.8 Å². The number of carbonyl (C=O) groups is 1. The van der Waals surface area contributed by atoms with Crippen molar-refractivity contribution < 1.29 is 13.9 Å². The van der Waals surface area contributed by atoms with Crippen LogP contribution < -0.4 is 15.4 Å². The Kier molecular flexibility index (Phi) is 7.78. The lowest BCUT2D eigenvalue weighted by Gasteiger charge is -2.10. The van der Waals surface area contributed by atoms with Gasteiger partial charge in [0.05, 0.1) is 30.3 Å². The lowest BCUT2D eigenvalue weighted by atomic mass is 10.1. The van der Waals surface area contributed by atoms with E-state index in [1.54, 1.807) is 56.9 Å². The van der Waals surface area contributed by atoms with Gasteiger partial charge in [0.1, 0.15) is 11.9 Å². The molecule has 0 radical (unpaired) electrons. The molecule has 0 unspecified atom stereocenters. The molecule has 0 spiro atoms. The lowest BCUT2D eigenvalue weighted by molar-refractivity contribution is 0.0941. The number of nitrogens with one attached hydrogen (secondary N) is 2. The van der Waals surface area contributed by atoms with Gasteiger partial charge in [-0.25, -0.2) is 24.3 Å². The smallest absolute Gasteiger partial charge is 0.273 e. The van der Waals surface area contributed by atoms with Crippen molar-refractivity contribution in [2.45, 2.75) is 13.5 Å². The largest absolute Gasteiger partial charge is 0.481 e. The number of aryl methyl sites for hydroxylation is 1. The minimum atomic E-state index is -0.814. The standard InChI is InChI=1S/C29H22FN9O2/c1-17-7-25(38-22-8-19(10-31)11-32-16-22)39-28(37-17)21-9-23(30)27(35-15-21)29(40)36-13-18-3-5-24(33-12-18)20-4-6-26(41-2)34-14-20/h3-9,11-12,14-16H,13H2,1-2H3,(H,36,40)(H,37,38,39). The summed E-state index contributed by atoms with van der Waals surface area (Å²) in [7, 11) is 1.55. The maximum Gasteiger partial charge on any atom is 0.273 e. The van der Waals surface area contributed by atoms with Crippen LogP contribution in [-0.4, -0.2) is 42.9 Å². The summed E-state index contributed by atoms with van der Waals surface area (Å²) in [6.45, 7) is 1.90. The predicted octanol–water partition coefficient (Wildman–Crippen LogP) is 4.39. The molecule has 0 aromatic carbocycles. The highest BCUT2D eigenvalue weighted by molar-refractivity contribution is 5.92. The summed E-state index contributed by atoms with van der Waals surface area (Å²) in [4.78, 5) is 38.1. The number of nitrogens with zero attached hydrogens (tertiary/aromatic N) is 7. The third-order valence-corrected chi connectivity index (χ3v) is 5.83. The molecule has 41 heavy (non-hydrogen) atoms. The highest BCUT2D eigenvalue weighted by Gasteiger charge is 2.16. The van der Waals surface area contributed by atoms with Crippen LogP contribution in [0.3, 0.4) is 0 Å². The first kappa shape index (κ1) is 26.8. The summed E-state index contributed by atoms with van der Waals surface area (Å²) in [6, 6.07) is 13.7. The van der Waals surface area contributed by atoms with Crippen LogP contribution >= 0.6 is 0 Å². The molecule has 0 aliphatic heterocycles. The third-order valence-electron chi connectivity index (χ3n) is 5.83. The summed E-state index contributed by atoms with van der Waals surface area (Å²) in [5.41, 5.74) is 3.76. The van der Waals surface area contributed by atoms with Crippen molar-refractivity contribution in [1.29, 1.82) is 5.26 Å². The highest BCUT2D eigenvalue weighted by Crippen LogP contribution is 2.22. The fraction of sp³-hybridized carbons (Fsp3) is 0.103. The Morgan fingerprint density at radius 2 is 1.83 bits per heavy atom. The van der Waals surface area contributed by atoms with E-state index in [1.807, 2.05) is 18.2 Å². The summed E-state index contributed by atoms with van der Waals surface area (Å²) < 4.78 is 20.0. The van der Waals surface area contributed by atoms with E-state index in [0.29, 0.717) is 39.9 Å². The Hall–Kier alpha value is -5.83. The molecule has 5 rings (SSSR count). The summed E-state index contributed by atoms with van der Waals surface area (Å²) in [6.07, 6.45) is 7.62. The Morgan fingerprint density at radius 1 is 0.976 bits per heavy atom. The average Bonchev–Trinajstić information content (AvgIpc) is 3.00. The molecule has 202 valence electrons. The molecule has 12 heteroatoms. The van der Waals surface area contributed by atoms with Crippen molar-refractivity contribution >= 4 is 17.4 Å². The van der Waals surface area contributed by atoms with Crippen molar-refractivity contribution in [2.24, 2.45) is 0 Å². The fourth-order valence-corrected chi connectivity index (χ4v) is 3.82. The van der Waals surface area contributed by atoms with Gasteiger partial charge < -0.3 is 15.4 Å². The molecule has 5 aromatic heterocycles. The van der Waals surface area contributed by atoms with Gasteiger partial charge in [0.2, 0.25) is 5.88 Å². The van der Waals surface area contributed by atoms with E-state index >= 15 is 0 Å². The van der Waals surface area contributed by atoms with E-state index in [1.165, 1.54) is 12.4 Å². The summed E-state index contributed by atoms with van der Waals surface area (Å²) in [5.74, 6) is -0.337. The molecule has 0 aliphatic rings. The van der Waals surface area contributed by atoms with Crippen molar-refractivity contribution in [1.82, 2.24) is 35.2 Å². The Balaban J connectivity index is 1.25. The SMILES string of the molecule is COc1ccc(-c2ccc(CNC(=O)c3ncc(-c4nc(C)cc(Nc5cncc(C#N)c5)n4)cc3F)cn2)cn1. The first-order valence-corrected chi connectivity index (χ1v) is 12.3. The zero-order chi connectivity index (χ0) is 28.8. The average molecular weight is 548 g/mol. The van der Waals surface area contributed by atoms with Gasteiger partial charge in [-0.15, -0.1) is 0 Å². The lowest BCUT2D eigenvalue weighted by Crippen LogP contribution is -2.25. The van der Waals surface area contributed by atoms with Crippen LogP contribution in [0.1, 0.15) is 27.3 Å². The number of carbonyl (C=O) groups excluding carboxylic acids is 1. The second-order valence-corrected chi connectivity index (χ2v) is 8.80. The Labute approximate surface area is 234 Å². The van der Waals surface area contributed by atoms with Crippen molar-refractivity contribution in [3.63, 3.8) is 0 Å². The maximum absolute atomic E-state index is 15.0. The van der Waals surface area contributed by atoms with Gasteiger partial charge in [-0.05, 0) is 36.8 Å². The first-order chi connectivity index (χ1) is 19.9. The van der Waals surface area contributed by atoms with E-state index in [9.17, 15) is 9.18 Å². The molecule has 11 nitrogen and oxygen atoms in total. The summed E-state index contributed by atoms with van der Waals surface area (Å²) in [5, 5.41) is 14.8. The predicted molar refractivity (Wildman–Crippen MR) is 147 cm³/mol. The fourth-order valence-electron chi connectivity index (χ4n) is 3.82. The van der Waals surface area contributed by atoms with Crippen LogP contribution in [0, 0.1) is 24.1 Å². The second-order valence-electron chi connectivity index (χ2n) is 8.80. The highest BCUT2D eigenvalue weighted by atomic mass is 19.1. The number of hydrogen-bond acceptors (Lipinski definition) is 10. The third kappa shape index (κ3) is 6.43. The molecule has 0 aliphatic carbocycles. The quantitative estimate of drug-likeness (QED) is 0.286. The van der Waals surface area contributed by atoms with Crippen molar-refractivity contribution in [2.75, 3.05) is 12.4 Å². The van der Waals surface area contributed by atoms with Crippen LogP contribution in [0.5, 0.6) is 5.88 Å². The zero-order valence-electron chi connectivity index (χ0n) is 22.0. The van der Waals surface area contributed by atoms with Crippen LogP contribution in [0.4, 0.5) is 15.9 Å². The minimum Gasteiger partial charge on any atom is -0.481 e. The number of aromatic nitrogens is 6. The Bertz CT molecular complexity index is 1750. The molecule has 5 aromatic rings. The number of halogens is 1. The molecule has 0 saturated carbocycles. The number of rotatable bonds is 8. The van der Waals surface area contributed by atoms with Crippen LogP contribution in [0.25, 0.3) is 22.6 Å². The zero-order valence-corrected chi connectivity index (χ0v) is 22.0. The van der Waals surface area contributed by atoms with E-state index in [2.05, 4.69) is 40.5 Å². The number of amides is 1. The molecule has 2 N–H and O–H groups in total. The number of hydrogen-bond donors (Lipinski definition) is 2. The molecule has 1 amide bonds. The number of anilines is 2. The van der Waals surface area contributed by atoms with Crippen LogP contribution in [-0.2, 0) is 6.54 Å². The van der Waals surface area contributed by atoms with Gasteiger partial charge >= 0.3 is 0 Å². The molecular weight excluding hydrogens is 525 g/mol. The number of ether oxygens (including phenoxy) is 1. The molecule has 0 atom stereocenters. The van der Waals surface area contributed by atoms with Gasteiger partial charge in [0.15, 0.2) is 17.3 Å². The van der Waals surface area contributed by atoms with E-state index < -0.39 is 11.7 Å². The number of nitriles is 1. The van der Waals surface area contributed by atoms with Crippen LogP contribution in [0.2, 0.25) is 0 Å².